The number of nitrogens with zero attached hydrogens (tertiary/aromatic N) is 3. The smallest absolute Gasteiger partial charge is 0.198 e. The highest BCUT2D eigenvalue weighted by molar-refractivity contribution is 7.80. The van der Waals surface area contributed by atoms with Crippen molar-refractivity contribution in [3.05, 3.63) is 52.8 Å². The van der Waals surface area contributed by atoms with Gasteiger partial charge in [-0.15, -0.1) is 0 Å². The molecule has 1 aliphatic rings. The molecule has 116 valence electrons. The predicted molar refractivity (Wildman–Crippen MR) is 96.9 cm³/mol. The first kappa shape index (κ1) is 14.3. The van der Waals surface area contributed by atoms with Crippen molar-refractivity contribution in [1.82, 2.24) is 14.5 Å². The third-order valence-electron chi connectivity index (χ3n) is 4.45. The summed E-state index contributed by atoms with van der Waals surface area (Å²) in [6.07, 6.45) is 5.28. The number of hydrogen-bond donors (Lipinski definition) is 0. The molecule has 4 nitrogen and oxygen atoms in total. The van der Waals surface area contributed by atoms with Gasteiger partial charge in [-0.1, -0.05) is 12.1 Å². The summed E-state index contributed by atoms with van der Waals surface area (Å²) in [5.41, 5.74) is 1.49. The zero-order valence-corrected chi connectivity index (χ0v) is 13.6. The lowest BCUT2D eigenvalue weighted by molar-refractivity contribution is 0.340. The lowest BCUT2D eigenvalue weighted by Gasteiger charge is -2.30. The summed E-state index contributed by atoms with van der Waals surface area (Å²) in [5, 5.41) is 2.04. The molecule has 3 aromatic rings. The van der Waals surface area contributed by atoms with Gasteiger partial charge in [0.05, 0.1) is 10.9 Å². The monoisotopic (exact) mass is 323 g/mol. The average molecular weight is 323 g/mol. The molecule has 0 saturated carbocycles. The number of aromatic nitrogens is 2. The number of rotatable bonds is 0. The fraction of sp³-hybridized carbons (Fsp3) is 0.278. The molecule has 23 heavy (non-hydrogen) atoms. The standard InChI is InChI=1S/C18H17N3OS/c22-16-13-7-2-3-9-15(13)21(17-14(16)8-6-10-19-17)18(23)20-11-4-1-5-12-20/h2-3,6-10H,1,4-5,11-12H2. The van der Waals surface area contributed by atoms with E-state index < -0.39 is 0 Å². The van der Waals surface area contributed by atoms with E-state index in [9.17, 15) is 4.79 Å². The van der Waals surface area contributed by atoms with Crippen molar-refractivity contribution in [2.45, 2.75) is 19.3 Å². The van der Waals surface area contributed by atoms with Crippen molar-refractivity contribution >= 4 is 39.3 Å². The van der Waals surface area contributed by atoms with E-state index in [4.69, 9.17) is 12.2 Å². The van der Waals surface area contributed by atoms with Gasteiger partial charge >= 0.3 is 0 Å². The first-order valence-electron chi connectivity index (χ1n) is 7.95. The molecule has 1 aliphatic heterocycles. The normalized spacial score (nSPS) is 15.2. The molecule has 3 heterocycles. The van der Waals surface area contributed by atoms with Gasteiger partial charge in [0.2, 0.25) is 0 Å². The second-order valence-corrected chi connectivity index (χ2v) is 6.25. The molecule has 1 aromatic carbocycles. The van der Waals surface area contributed by atoms with E-state index in [1.807, 2.05) is 34.9 Å². The van der Waals surface area contributed by atoms with Crippen LogP contribution >= 0.6 is 12.2 Å². The number of fused-ring (bicyclic) bond motifs is 2. The Balaban J connectivity index is 2.04. The van der Waals surface area contributed by atoms with Crippen molar-refractivity contribution in [3.63, 3.8) is 0 Å². The number of benzene rings is 1. The molecule has 2 aromatic heterocycles. The first-order valence-corrected chi connectivity index (χ1v) is 8.36. The van der Waals surface area contributed by atoms with Crippen molar-refractivity contribution in [3.8, 4) is 0 Å². The number of para-hydroxylation sites is 1. The Morgan fingerprint density at radius 1 is 1.00 bits per heavy atom. The fourth-order valence-electron chi connectivity index (χ4n) is 3.29. The molecule has 0 spiro atoms. The maximum Gasteiger partial charge on any atom is 0.198 e. The van der Waals surface area contributed by atoms with Crippen LogP contribution in [0.15, 0.2) is 47.4 Å². The predicted octanol–water partition coefficient (Wildman–Crippen LogP) is 3.17. The lowest BCUT2D eigenvalue weighted by Crippen LogP contribution is -2.39. The molecule has 0 N–H and O–H groups in total. The quantitative estimate of drug-likeness (QED) is 0.470. The summed E-state index contributed by atoms with van der Waals surface area (Å²) in [5.74, 6) is 0. The highest BCUT2D eigenvalue weighted by Crippen LogP contribution is 2.20. The van der Waals surface area contributed by atoms with Crippen molar-refractivity contribution in [2.75, 3.05) is 13.1 Å². The molecule has 1 fully saturated rings. The Kier molecular flexibility index (Phi) is 3.58. The van der Waals surface area contributed by atoms with E-state index in [1.54, 1.807) is 12.3 Å². The Hall–Kier alpha value is -2.27. The van der Waals surface area contributed by atoms with Gasteiger partial charge in [0.25, 0.3) is 0 Å². The second kappa shape index (κ2) is 5.74. The molecule has 0 radical (unpaired) electrons. The largest absolute Gasteiger partial charge is 0.349 e. The van der Waals surface area contributed by atoms with Gasteiger partial charge in [0.15, 0.2) is 16.2 Å². The maximum absolute atomic E-state index is 12.7. The number of pyridine rings is 2. The van der Waals surface area contributed by atoms with E-state index in [0.29, 0.717) is 16.4 Å². The van der Waals surface area contributed by atoms with Gasteiger partial charge in [0.1, 0.15) is 0 Å². The van der Waals surface area contributed by atoms with Crippen LogP contribution in [0, 0.1) is 0 Å². The number of thiocarbonyl (C=S) groups is 1. The third kappa shape index (κ3) is 2.32. The fourth-order valence-corrected chi connectivity index (χ4v) is 3.66. The van der Waals surface area contributed by atoms with Crippen LogP contribution in [0.5, 0.6) is 0 Å². The van der Waals surface area contributed by atoms with Crippen molar-refractivity contribution in [1.29, 1.82) is 0 Å². The van der Waals surface area contributed by atoms with Crippen LogP contribution in [0.2, 0.25) is 0 Å². The van der Waals surface area contributed by atoms with E-state index in [0.717, 1.165) is 36.6 Å². The third-order valence-corrected chi connectivity index (χ3v) is 4.89. The Morgan fingerprint density at radius 3 is 2.57 bits per heavy atom. The zero-order valence-electron chi connectivity index (χ0n) is 12.7. The van der Waals surface area contributed by atoms with Crippen LogP contribution < -0.4 is 5.43 Å². The SMILES string of the molecule is O=c1c2ccccc2n(C(=S)N2CCCCC2)c2ncccc12. The molecule has 4 rings (SSSR count). The number of hydrogen-bond acceptors (Lipinski definition) is 3. The number of piperidine rings is 1. The average Bonchev–Trinajstić information content (AvgIpc) is 2.63. The van der Waals surface area contributed by atoms with E-state index in [-0.39, 0.29) is 5.43 Å². The molecule has 0 aliphatic carbocycles. The molecule has 0 atom stereocenters. The van der Waals surface area contributed by atoms with Crippen LogP contribution in [0.1, 0.15) is 19.3 Å². The maximum atomic E-state index is 12.7. The summed E-state index contributed by atoms with van der Waals surface area (Å²) < 4.78 is 1.96. The minimum Gasteiger partial charge on any atom is -0.349 e. The molecule has 0 bridgehead atoms. The minimum absolute atomic E-state index is 0.0152. The Labute approximate surface area is 139 Å². The van der Waals surface area contributed by atoms with Gasteiger partial charge in [-0.05, 0) is 55.7 Å². The van der Waals surface area contributed by atoms with Gasteiger partial charge < -0.3 is 4.90 Å². The summed E-state index contributed by atoms with van der Waals surface area (Å²) in [6.45, 7) is 1.93. The Morgan fingerprint density at radius 2 is 1.74 bits per heavy atom. The summed E-state index contributed by atoms with van der Waals surface area (Å²) in [7, 11) is 0. The molecule has 5 heteroatoms. The Bertz CT molecular complexity index is 897. The molecular formula is C18H17N3OS. The lowest BCUT2D eigenvalue weighted by atomic mass is 10.1. The van der Waals surface area contributed by atoms with Crippen LogP contribution in [0.4, 0.5) is 0 Å². The summed E-state index contributed by atoms with van der Waals surface area (Å²) >= 11 is 5.79. The van der Waals surface area contributed by atoms with Gasteiger partial charge in [-0.25, -0.2) is 4.98 Å². The van der Waals surface area contributed by atoms with E-state index >= 15 is 0 Å². The zero-order chi connectivity index (χ0) is 15.8. The van der Waals surface area contributed by atoms with Gasteiger partial charge in [-0.3, -0.25) is 9.36 Å². The second-order valence-electron chi connectivity index (χ2n) is 5.89. The van der Waals surface area contributed by atoms with Crippen LogP contribution in [0.3, 0.4) is 0 Å². The van der Waals surface area contributed by atoms with E-state index in [2.05, 4.69) is 9.88 Å². The molecule has 0 unspecified atom stereocenters. The summed E-state index contributed by atoms with van der Waals surface area (Å²) in [6, 6.07) is 11.3. The summed E-state index contributed by atoms with van der Waals surface area (Å²) in [4.78, 5) is 19.4. The topological polar surface area (TPSA) is 38.1 Å². The van der Waals surface area contributed by atoms with Crippen molar-refractivity contribution in [2.24, 2.45) is 0 Å². The van der Waals surface area contributed by atoms with Crippen LogP contribution in [-0.2, 0) is 0 Å². The van der Waals surface area contributed by atoms with Gasteiger partial charge in [-0.2, -0.15) is 0 Å². The van der Waals surface area contributed by atoms with Crippen molar-refractivity contribution < 1.29 is 0 Å². The van der Waals surface area contributed by atoms with Crippen LogP contribution in [0.25, 0.3) is 21.9 Å². The minimum atomic E-state index is 0.0152. The molecular weight excluding hydrogens is 306 g/mol. The highest BCUT2D eigenvalue weighted by atomic mass is 32.1. The van der Waals surface area contributed by atoms with Crippen LogP contribution in [-0.4, -0.2) is 32.7 Å². The molecule has 0 amide bonds. The van der Waals surface area contributed by atoms with Gasteiger partial charge in [0, 0.05) is 24.7 Å². The number of likely N-dealkylation sites (tertiary alicyclic amines) is 1. The first-order chi connectivity index (χ1) is 11.3. The van der Waals surface area contributed by atoms with E-state index in [1.165, 1.54) is 6.42 Å². The molecule has 1 saturated heterocycles. The highest BCUT2D eigenvalue weighted by Gasteiger charge is 2.19.